The summed E-state index contributed by atoms with van der Waals surface area (Å²) in [6.07, 6.45) is 1.05. The Balaban J connectivity index is 2.73. The van der Waals surface area contributed by atoms with Crippen LogP contribution in [-0.2, 0) is 4.79 Å². The standard InChI is InChI=1S/C11H13FN2O4/c12-8-4-5-10(14(17)18)9(7-8)13-11(16)3-1-2-6-15/h4-5,7,15H,1-3,6H2,(H,13,16). The summed E-state index contributed by atoms with van der Waals surface area (Å²) in [5.41, 5.74) is -0.513. The second kappa shape index (κ2) is 6.65. The van der Waals surface area contributed by atoms with Gasteiger partial charge in [-0.3, -0.25) is 14.9 Å². The average Bonchev–Trinajstić information content (AvgIpc) is 2.29. The Labute approximate surface area is 103 Å². The van der Waals surface area contributed by atoms with E-state index in [1.54, 1.807) is 0 Å². The minimum atomic E-state index is -0.692. The second-order valence-corrected chi connectivity index (χ2v) is 3.65. The van der Waals surface area contributed by atoms with Crippen LogP contribution < -0.4 is 5.32 Å². The van der Waals surface area contributed by atoms with Crippen LogP contribution in [0.25, 0.3) is 0 Å². The number of nitro benzene ring substituents is 1. The number of carbonyl (C=O) groups excluding carboxylic acids is 1. The molecule has 6 nitrogen and oxygen atoms in total. The minimum Gasteiger partial charge on any atom is -0.396 e. The van der Waals surface area contributed by atoms with Crippen LogP contribution in [0.3, 0.4) is 0 Å². The van der Waals surface area contributed by atoms with E-state index in [4.69, 9.17) is 5.11 Å². The van der Waals surface area contributed by atoms with Crippen LogP contribution in [-0.4, -0.2) is 22.5 Å². The highest BCUT2D eigenvalue weighted by atomic mass is 19.1. The summed E-state index contributed by atoms with van der Waals surface area (Å²) in [5, 5.41) is 21.5. The molecule has 0 aliphatic carbocycles. The number of benzene rings is 1. The van der Waals surface area contributed by atoms with Crippen molar-refractivity contribution in [2.24, 2.45) is 0 Å². The molecule has 1 aromatic rings. The van der Waals surface area contributed by atoms with E-state index in [2.05, 4.69) is 5.32 Å². The fourth-order valence-electron chi connectivity index (χ4n) is 1.38. The summed E-state index contributed by atoms with van der Waals surface area (Å²) in [5.74, 6) is -1.11. The molecular weight excluding hydrogens is 243 g/mol. The van der Waals surface area contributed by atoms with Crippen LogP contribution in [0.5, 0.6) is 0 Å². The summed E-state index contributed by atoms with van der Waals surface area (Å²) < 4.78 is 13.0. The first-order chi connectivity index (χ1) is 8.54. The molecule has 0 aliphatic rings. The van der Waals surface area contributed by atoms with Gasteiger partial charge < -0.3 is 10.4 Å². The third kappa shape index (κ3) is 4.10. The topological polar surface area (TPSA) is 92.5 Å². The maximum atomic E-state index is 13.0. The number of unbranched alkanes of at least 4 members (excludes halogenated alkanes) is 1. The zero-order chi connectivity index (χ0) is 13.5. The first-order valence-corrected chi connectivity index (χ1v) is 5.39. The van der Waals surface area contributed by atoms with E-state index in [1.807, 2.05) is 0 Å². The van der Waals surface area contributed by atoms with Gasteiger partial charge in [-0.2, -0.15) is 0 Å². The lowest BCUT2D eigenvalue weighted by molar-refractivity contribution is -0.384. The molecule has 7 heteroatoms. The lowest BCUT2D eigenvalue weighted by Crippen LogP contribution is -2.12. The molecule has 98 valence electrons. The first kappa shape index (κ1) is 14.0. The number of halogens is 1. The monoisotopic (exact) mass is 256 g/mol. The van der Waals surface area contributed by atoms with E-state index in [0.717, 1.165) is 18.2 Å². The van der Waals surface area contributed by atoms with Gasteiger partial charge in [0.2, 0.25) is 5.91 Å². The molecule has 1 rings (SSSR count). The normalized spacial score (nSPS) is 10.1. The van der Waals surface area contributed by atoms with Gasteiger partial charge in [-0.1, -0.05) is 0 Å². The quantitative estimate of drug-likeness (QED) is 0.461. The molecule has 0 aromatic heterocycles. The van der Waals surface area contributed by atoms with Gasteiger partial charge in [0.05, 0.1) is 4.92 Å². The van der Waals surface area contributed by atoms with Crippen molar-refractivity contribution in [1.29, 1.82) is 0 Å². The molecular formula is C11H13FN2O4. The lowest BCUT2D eigenvalue weighted by Gasteiger charge is -2.05. The highest BCUT2D eigenvalue weighted by Gasteiger charge is 2.16. The molecule has 2 N–H and O–H groups in total. The maximum Gasteiger partial charge on any atom is 0.292 e. The first-order valence-electron chi connectivity index (χ1n) is 5.39. The van der Waals surface area contributed by atoms with Gasteiger partial charge in [0.15, 0.2) is 0 Å². The number of hydrogen-bond acceptors (Lipinski definition) is 4. The van der Waals surface area contributed by atoms with Gasteiger partial charge >= 0.3 is 0 Å². The molecule has 0 unspecified atom stereocenters. The summed E-state index contributed by atoms with van der Waals surface area (Å²) in [4.78, 5) is 21.4. The fraction of sp³-hybridized carbons (Fsp3) is 0.364. The molecule has 0 spiro atoms. The SMILES string of the molecule is O=C(CCCCO)Nc1cc(F)ccc1[N+](=O)[O-]. The number of carbonyl (C=O) groups is 1. The predicted molar refractivity (Wildman–Crippen MR) is 62.6 cm³/mol. The van der Waals surface area contributed by atoms with Crippen molar-refractivity contribution in [1.82, 2.24) is 0 Å². The molecule has 0 saturated heterocycles. The summed E-state index contributed by atoms with van der Waals surface area (Å²) >= 11 is 0. The van der Waals surface area contributed by atoms with Crippen molar-refractivity contribution in [3.63, 3.8) is 0 Å². The van der Waals surface area contributed by atoms with Crippen molar-refractivity contribution < 1.29 is 19.2 Å². The molecule has 18 heavy (non-hydrogen) atoms. The number of anilines is 1. The summed E-state index contributed by atoms with van der Waals surface area (Å²) in [6, 6.07) is 2.86. The molecule has 0 fully saturated rings. The number of hydrogen-bond donors (Lipinski definition) is 2. The third-order valence-electron chi connectivity index (χ3n) is 2.24. The van der Waals surface area contributed by atoms with E-state index in [9.17, 15) is 19.3 Å². The third-order valence-corrected chi connectivity index (χ3v) is 2.24. The Morgan fingerprint density at radius 3 is 2.78 bits per heavy atom. The lowest BCUT2D eigenvalue weighted by atomic mass is 10.2. The number of rotatable bonds is 6. The maximum absolute atomic E-state index is 13.0. The van der Waals surface area contributed by atoms with Crippen molar-refractivity contribution in [3.05, 3.63) is 34.1 Å². The van der Waals surface area contributed by atoms with E-state index < -0.39 is 16.6 Å². The van der Waals surface area contributed by atoms with Crippen molar-refractivity contribution in [3.8, 4) is 0 Å². The van der Waals surface area contributed by atoms with Crippen LogP contribution in [0, 0.1) is 15.9 Å². The van der Waals surface area contributed by atoms with Crippen molar-refractivity contribution in [2.75, 3.05) is 11.9 Å². The van der Waals surface area contributed by atoms with Crippen LogP contribution >= 0.6 is 0 Å². The van der Waals surface area contributed by atoms with Gasteiger partial charge in [0.25, 0.3) is 5.69 Å². The Morgan fingerprint density at radius 2 is 2.17 bits per heavy atom. The molecule has 0 radical (unpaired) electrons. The summed E-state index contributed by atoms with van der Waals surface area (Å²) in [6.45, 7) is -0.0204. The number of aliphatic hydroxyl groups is 1. The number of aliphatic hydroxyl groups excluding tert-OH is 1. The Bertz CT molecular complexity index is 451. The van der Waals surface area contributed by atoms with E-state index in [-0.39, 0.29) is 24.4 Å². The Morgan fingerprint density at radius 1 is 1.44 bits per heavy atom. The molecule has 0 atom stereocenters. The minimum absolute atomic E-state index is 0.0204. The molecule has 0 saturated carbocycles. The number of nitrogens with zero attached hydrogens (tertiary/aromatic N) is 1. The van der Waals surface area contributed by atoms with Gasteiger partial charge in [0.1, 0.15) is 11.5 Å². The van der Waals surface area contributed by atoms with Gasteiger partial charge in [-0.05, 0) is 18.9 Å². The van der Waals surface area contributed by atoms with E-state index >= 15 is 0 Å². The fourth-order valence-corrected chi connectivity index (χ4v) is 1.38. The number of nitrogens with one attached hydrogen (secondary N) is 1. The summed E-state index contributed by atoms with van der Waals surface area (Å²) in [7, 11) is 0. The Hall–Kier alpha value is -2.02. The van der Waals surface area contributed by atoms with Gasteiger partial charge in [-0.25, -0.2) is 4.39 Å². The average molecular weight is 256 g/mol. The zero-order valence-corrected chi connectivity index (χ0v) is 9.56. The van der Waals surface area contributed by atoms with Crippen molar-refractivity contribution in [2.45, 2.75) is 19.3 Å². The van der Waals surface area contributed by atoms with Gasteiger partial charge in [-0.15, -0.1) is 0 Å². The van der Waals surface area contributed by atoms with Crippen LogP contribution in [0.15, 0.2) is 18.2 Å². The second-order valence-electron chi connectivity index (χ2n) is 3.65. The highest BCUT2D eigenvalue weighted by Crippen LogP contribution is 2.25. The molecule has 1 amide bonds. The predicted octanol–water partition coefficient (Wildman–Crippen LogP) is 1.83. The molecule has 1 aromatic carbocycles. The largest absolute Gasteiger partial charge is 0.396 e. The zero-order valence-electron chi connectivity index (χ0n) is 9.56. The molecule has 0 aliphatic heterocycles. The van der Waals surface area contributed by atoms with Crippen LogP contribution in [0.1, 0.15) is 19.3 Å². The van der Waals surface area contributed by atoms with E-state index in [1.165, 1.54) is 0 Å². The molecule has 0 heterocycles. The number of amides is 1. The van der Waals surface area contributed by atoms with Gasteiger partial charge in [0, 0.05) is 25.2 Å². The van der Waals surface area contributed by atoms with Crippen molar-refractivity contribution >= 4 is 17.3 Å². The van der Waals surface area contributed by atoms with Crippen LogP contribution in [0.2, 0.25) is 0 Å². The highest BCUT2D eigenvalue weighted by molar-refractivity contribution is 5.93. The number of nitro groups is 1. The van der Waals surface area contributed by atoms with Crippen LogP contribution in [0.4, 0.5) is 15.8 Å². The Kier molecular flexibility index (Phi) is 5.19. The molecule has 0 bridgehead atoms. The van der Waals surface area contributed by atoms with E-state index in [0.29, 0.717) is 12.8 Å². The smallest absolute Gasteiger partial charge is 0.292 e.